The summed E-state index contributed by atoms with van der Waals surface area (Å²) in [5, 5.41) is 7.70. The maximum Gasteiger partial charge on any atom is 0.0543 e. The van der Waals surface area contributed by atoms with Crippen LogP contribution in [0, 0.1) is 55.4 Å². The largest absolute Gasteiger partial charge is 0.309 e. The molecule has 2 heteroatoms. The van der Waals surface area contributed by atoms with Crippen LogP contribution in [0.1, 0.15) is 95.2 Å². The van der Waals surface area contributed by atoms with E-state index in [0.717, 1.165) is 0 Å². The molecule has 12 aromatic carbocycles. The molecule has 0 aliphatic heterocycles. The van der Waals surface area contributed by atoms with Gasteiger partial charge in [-0.05, 0) is 225 Å². The SMILES string of the molecule is Cc1ccc(-c2ccccc2)cc1N(c1cc(-c2c(C)cccc2C)ccc1C)c1cc(C(C)C)c2ccc3c(N(c4cc(-c5ccccc5)ccc4C)c4cc(-c5c(C)cccc5C)ccc4C)cc(C(C)C)c4ccc1c2c43. The van der Waals surface area contributed by atoms with Crippen molar-refractivity contribution in [2.75, 3.05) is 9.80 Å². The van der Waals surface area contributed by atoms with Gasteiger partial charge in [-0.2, -0.15) is 0 Å². The summed E-state index contributed by atoms with van der Waals surface area (Å²) in [6.07, 6.45) is 0. The zero-order valence-corrected chi connectivity index (χ0v) is 48.7. The average Bonchev–Trinajstić information content (AvgIpc) is 3.57. The number of aryl methyl sites for hydroxylation is 8. The second-order valence-corrected chi connectivity index (χ2v) is 23.3. The van der Waals surface area contributed by atoms with Crippen molar-refractivity contribution in [2.24, 2.45) is 0 Å². The van der Waals surface area contributed by atoms with Crippen LogP contribution < -0.4 is 9.80 Å². The highest BCUT2D eigenvalue weighted by atomic mass is 15.2. The van der Waals surface area contributed by atoms with Gasteiger partial charge in [0.15, 0.2) is 0 Å². The van der Waals surface area contributed by atoms with Gasteiger partial charge in [0, 0.05) is 33.5 Å². The minimum absolute atomic E-state index is 0.234. The molecule has 0 saturated heterocycles. The third-order valence-corrected chi connectivity index (χ3v) is 17.2. The Morgan fingerprint density at radius 1 is 0.237 bits per heavy atom. The van der Waals surface area contributed by atoms with Gasteiger partial charge >= 0.3 is 0 Å². The number of anilines is 6. The molecule has 0 spiro atoms. The highest BCUT2D eigenvalue weighted by Crippen LogP contribution is 2.53. The van der Waals surface area contributed by atoms with Crippen LogP contribution in [0.2, 0.25) is 0 Å². The van der Waals surface area contributed by atoms with Crippen LogP contribution >= 0.6 is 0 Å². The van der Waals surface area contributed by atoms with Gasteiger partial charge in [0.2, 0.25) is 0 Å². The summed E-state index contributed by atoms with van der Waals surface area (Å²) in [6, 6.07) is 78.2. The van der Waals surface area contributed by atoms with Gasteiger partial charge in [0.25, 0.3) is 0 Å². The van der Waals surface area contributed by atoms with E-state index in [1.807, 2.05) is 0 Å². The molecule has 0 radical (unpaired) electrons. The van der Waals surface area contributed by atoms with Gasteiger partial charge in [-0.15, -0.1) is 0 Å². The smallest absolute Gasteiger partial charge is 0.0543 e. The Morgan fingerprint density at radius 3 is 0.863 bits per heavy atom. The van der Waals surface area contributed by atoms with E-state index in [0.29, 0.717) is 0 Å². The Kier molecular flexibility index (Phi) is 13.5. The Balaban J connectivity index is 1.21. The molecule has 0 N–H and O–H groups in total. The lowest BCUT2D eigenvalue weighted by atomic mass is 9.83. The van der Waals surface area contributed by atoms with E-state index in [1.165, 1.54) is 167 Å². The molecule has 0 aliphatic rings. The summed E-state index contributed by atoms with van der Waals surface area (Å²) >= 11 is 0. The molecule has 0 fully saturated rings. The van der Waals surface area contributed by atoms with Crippen molar-refractivity contribution in [2.45, 2.75) is 94.9 Å². The summed E-state index contributed by atoms with van der Waals surface area (Å²) in [5.41, 5.74) is 29.5. The lowest BCUT2D eigenvalue weighted by Crippen LogP contribution is -2.15. The third kappa shape index (κ3) is 9.02. The first-order valence-corrected chi connectivity index (χ1v) is 28.7. The second-order valence-electron chi connectivity index (χ2n) is 23.3. The van der Waals surface area contributed by atoms with Crippen molar-refractivity contribution in [3.63, 3.8) is 0 Å². The summed E-state index contributed by atoms with van der Waals surface area (Å²) in [6.45, 7) is 27.6. The number of hydrogen-bond acceptors (Lipinski definition) is 2. The Labute approximate surface area is 475 Å². The van der Waals surface area contributed by atoms with Crippen molar-refractivity contribution >= 4 is 66.4 Å². The van der Waals surface area contributed by atoms with E-state index in [4.69, 9.17) is 0 Å². The minimum Gasteiger partial charge on any atom is -0.309 e. The predicted molar refractivity (Wildman–Crippen MR) is 347 cm³/mol. The quantitative estimate of drug-likeness (QED) is 0.113. The standard InChI is InChI=1S/C78H72N2/c1-47(2)67-45-73(79(69-41-59(33-29-49(69)5)57-25-15-13-16-26-57)71-43-61(35-31-51(71)7)75-53(9)21-19-22-54(75)10)65-40-38-64-68(48(3)4)46-74(66-39-37-63(67)77(65)78(64)66)80(70-42-60(34-30-50(70)6)58-27-17-14-18-28-58)72-44-62(36-32-52(72)8)76-55(11)23-20-24-56(76)12/h13-48H,1-12H3. The zero-order valence-electron chi connectivity index (χ0n) is 48.7. The van der Waals surface area contributed by atoms with Gasteiger partial charge in [0.1, 0.15) is 0 Å². The van der Waals surface area contributed by atoms with Crippen LogP contribution in [0.15, 0.2) is 206 Å². The first-order valence-electron chi connectivity index (χ1n) is 28.7. The third-order valence-electron chi connectivity index (χ3n) is 17.2. The molecule has 2 nitrogen and oxygen atoms in total. The molecule has 0 heterocycles. The zero-order chi connectivity index (χ0) is 55.7. The molecule has 0 aliphatic carbocycles. The fourth-order valence-electron chi connectivity index (χ4n) is 13.0. The number of nitrogens with zero attached hydrogens (tertiary/aromatic N) is 2. The molecular weight excluding hydrogens is 965 g/mol. The van der Waals surface area contributed by atoms with Gasteiger partial charge in [-0.3, -0.25) is 0 Å². The van der Waals surface area contributed by atoms with Crippen molar-refractivity contribution < 1.29 is 0 Å². The molecule has 0 aromatic heterocycles. The molecule has 12 aromatic rings. The molecule has 0 bridgehead atoms. The molecule has 0 amide bonds. The van der Waals surface area contributed by atoms with E-state index in [-0.39, 0.29) is 11.8 Å². The first kappa shape index (κ1) is 52.0. The lowest BCUT2D eigenvalue weighted by Gasteiger charge is -2.34. The van der Waals surface area contributed by atoms with Crippen LogP contribution in [-0.4, -0.2) is 0 Å². The van der Waals surface area contributed by atoms with E-state index in [1.54, 1.807) is 0 Å². The Morgan fingerprint density at radius 2 is 0.537 bits per heavy atom. The Hall–Kier alpha value is -8.72. The molecule has 12 rings (SSSR count). The predicted octanol–water partition coefficient (Wildman–Crippen LogP) is 22.9. The van der Waals surface area contributed by atoms with E-state index >= 15 is 0 Å². The van der Waals surface area contributed by atoms with E-state index < -0.39 is 0 Å². The van der Waals surface area contributed by atoms with Gasteiger partial charge in [0.05, 0.1) is 11.4 Å². The average molecular weight is 1040 g/mol. The van der Waals surface area contributed by atoms with Crippen molar-refractivity contribution in [1.29, 1.82) is 0 Å². The lowest BCUT2D eigenvalue weighted by molar-refractivity contribution is 0.875. The highest BCUT2D eigenvalue weighted by molar-refractivity contribution is 6.29. The monoisotopic (exact) mass is 1040 g/mol. The second kappa shape index (κ2) is 20.8. The van der Waals surface area contributed by atoms with E-state index in [9.17, 15) is 0 Å². The maximum atomic E-state index is 2.61. The first-order chi connectivity index (χ1) is 38.7. The topological polar surface area (TPSA) is 6.48 Å². The van der Waals surface area contributed by atoms with E-state index in [2.05, 4.69) is 299 Å². The van der Waals surface area contributed by atoms with Crippen LogP contribution in [0.4, 0.5) is 34.1 Å². The highest BCUT2D eigenvalue weighted by Gasteiger charge is 2.29. The van der Waals surface area contributed by atoms with Gasteiger partial charge in [-0.1, -0.05) is 198 Å². The number of rotatable bonds is 12. The molecule has 0 unspecified atom stereocenters. The maximum absolute atomic E-state index is 2.61. The summed E-state index contributed by atoms with van der Waals surface area (Å²) in [5.74, 6) is 0.469. The molecule has 394 valence electrons. The normalized spacial score (nSPS) is 11.7. The molecule has 0 atom stereocenters. The van der Waals surface area contributed by atoms with Crippen molar-refractivity contribution in [3.05, 3.63) is 262 Å². The fourth-order valence-corrected chi connectivity index (χ4v) is 13.0. The van der Waals surface area contributed by atoms with Crippen molar-refractivity contribution in [3.8, 4) is 44.5 Å². The number of hydrogen-bond donors (Lipinski definition) is 0. The minimum atomic E-state index is 0.234. The molecule has 80 heavy (non-hydrogen) atoms. The van der Waals surface area contributed by atoms with Crippen LogP contribution in [0.25, 0.3) is 76.8 Å². The molecular formula is C78H72N2. The van der Waals surface area contributed by atoms with Crippen LogP contribution in [-0.2, 0) is 0 Å². The summed E-state index contributed by atoms with van der Waals surface area (Å²) in [7, 11) is 0. The number of benzene rings is 12. The fraction of sp³-hybridized carbons (Fsp3) is 0.179. The van der Waals surface area contributed by atoms with Gasteiger partial charge < -0.3 is 9.80 Å². The van der Waals surface area contributed by atoms with Crippen molar-refractivity contribution in [1.82, 2.24) is 0 Å². The van der Waals surface area contributed by atoms with Crippen LogP contribution in [0.3, 0.4) is 0 Å². The van der Waals surface area contributed by atoms with Crippen LogP contribution in [0.5, 0.6) is 0 Å². The van der Waals surface area contributed by atoms with Gasteiger partial charge in [-0.25, -0.2) is 0 Å². The summed E-state index contributed by atoms with van der Waals surface area (Å²) < 4.78 is 0. The summed E-state index contributed by atoms with van der Waals surface area (Å²) in [4.78, 5) is 5.23. The Bertz CT molecular complexity index is 4010. The molecule has 0 saturated carbocycles.